The van der Waals surface area contributed by atoms with Gasteiger partial charge in [-0.2, -0.15) is 0 Å². The molecule has 0 bridgehead atoms. The summed E-state index contributed by atoms with van der Waals surface area (Å²) in [5.74, 6) is 0. The van der Waals surface area contributed by atoms with Gasteiger partial charge in [-0.25, -0.2) is 13.1 Å². The minimum atomic E-state index is -3.61. The number of hydrogen-bond acceptors (Lipinski definition) is 2. The molecule has 0 saturated heterocycles. The van der Waals surface area contributed by atoms with Crippen LogP contribution in [0.25, 0.3) is 0 Å². The summed E-state index contributed by atoms with van der Waals surface area (Å²) >= 11 is 17.3. The molecule has 7 heteroatoms. The summed E-state index contributed by atoms with van der Waals surface area (Å²) < 4.78 is 26.1. The number of alkyl halides is 1. The van der Waals surface area contributed by atoms with Crippen LogP contribution in [0.3, 0.4) is 0 Å². The van der Waals surface area contributed by atoms with Crippen molar-refractivity contribution in [3.63, 3.8) is 0 Å². The molecule has 96 valence electrons. The number of hydrogen-bond donors (Lipinski definition) is 1. The Kier molecular flexibility index (Phi) is 5.54. The van der Waals surface area contributed by atoms with Crippen molar-refractivity contribution >= 4 is 44.8 Å². The Morgan fingerprint density at radius 2 is 1.76 bits per heavy atom. The van der Waals surface area contributed by atoms with Gasteiger partial charge in [0.05, 0.1) is 4.90 Å². The van der Waals surface area contributed by atoms with Crippen LogP contribution < -0.4 is 4.72 Å². The molecule has 0 aliphatic carbocycles. The Morgan fingerprint density at radius 1 is 1.24 bits per heavy atom. The molecular formula is C10H12Cl3NO2S. The summed E-state index contributed by atoms with van der Waals surface area (Å²) in [5, 5.41) is 0.311. The van der Waals surface area contributed by atoms with Crippen LogP contribution in [-0.2, 0) is 10.0 Å². The molecule has 1 aromatic carbocycles. The second-order valence-electron chi connectivity index (χ2n) is 3.46. The monoisotopic (exact) mass is 315 g/mol. The predicted molar refractivity (Wildman–Crippen MR) is 71.6 cm³/mol. The predicted octanol–water partition coefficient (Wildman–Crippen LogP) is 3.29. The topological polar surface area (TPSA) is 46.2 Å². The third-order valence-corrected chi connectivity index (χ3v) is 4.39. The third kappa shape index (κ3) is 4.64. The standard InChI is InChI=1S/C10H12Cl3NO2S/c1-2-7(11)6-14-17(15,16)10-4-8(12)3-9(13)5-10/h3-5,7,14H,2,6H2,1H3. The smallest absolute Gasteiger partial charge is 0.210 e. The second-order valence-corrected chi connectivity index (χ2v) is 6.72. The molecule has 0 fully saturated rings. The van der Waals surface area contributed by atoms with E-state index < -0.39 is 10.0 Å². The summed E-state index contributed by atoms with van der Waals surface area (Å²) in [6.45, 7) is 2.05. The lowest BCUT2D eigenvalue weighted by atomic mass is 10.3. The van der Waals surface area contributed by atoms with Crippen LogP contribution in [0.5, 0.6) is 0 Å². The SMILES string of the molecule is CCC(Cl)CNS(=O)(=O)c1cc(Cl)cc(Cl)c1. The highest BCUT2D eigenvalue weighted by Crippen LogP contribution is 2.22. The first kappa shape index (κ1) is 15.1. The fourth-order valence-electron chi connectivity index (χ4n) is 1.11. The van der Waals surface area contributed by atoms with E-state index in [1.807, 2.05) is 6.92 Å². The summed E-state index contributed by atoms with van der Waals surface area (Å²) in [5.41, 5.74) is 0. The van der Waals surface area contributed by atoms with Gasteiger partial charge < -0.3 is 0 Å². The Morgan fingerprint density at radius 3 is 2.24 bits per heavy atom. The van der Waals surface area contributed by atoms with Gasteiger partial charge in [0.25, 0.3) is 0 Å². The maximum atomic E-state index is 11.9. The number of sulfonamides is 1. The van der Waals surface area contributed by atoms with Crippen LogP contribution in [0.4, 0.5) is 0 Å². The lowest BCUT2D eigenvalue weighted by molar-refractivity contribution is 0.579. The summed E-state index contributed by atoms with van der Waals surface area (Å²) in [7, 11) is -3.61. The van der Waals surface area contributed by atoms with Crippen molar-refractivity contribution in [2.24, 2.45) is 0 Å². The van der Waals surface area contributed by atoms with E-state index >= 15 is 0 Å². The van der Waals surface area contributed by atoms with E-state index in [0.29, 0.717) is 6.42 Å². The van der Waals surface area contributed by atoms with Gasteiger partial charge in [-0.05, 0) is 24.6 Å². The highest BCUT2D eigenvalue weighted by Gasteiger charge is 2.16. The average molecular weight is 317 g/mol. The van der Waals surface area contributed by atoms with Gasteiger partial charge in [-0.15, -0.1) is 11.6 Å². The first-order chi connectivity index (χ1) is 7.85. The second kappa shape index (κ2) is 6.25. The van der Waals surface area contributed by atoms with Crippen molar-refractivity contribution in [2.75, 3.05) is 6.54 Å². The van der Waals surface area contributed by atoms with E-state index in [4.69, 9.17) is 34.8 Å². The van der Waals surface area contributed by atoms with E-state index in [2.05, 4.69) is 4.72 Å². The summed E-state index contributed by atoms with van der Waals surface area (Å²) in [4.78, 5) is 0.0370. The fourth-order valence-corrected chi connectivity index (χ4v) is 3.09. The van der Waals surface area contributed by atoms with Crippen LogP contribution in [0.15, 0.2) is 23.1 Å². The molecule has 0 radical (unpaired) electrons. The highest BCUT2D eigenvalue weighted by atomic mass is 35.5. The van der Waals surface area contributed by atoms with Crippen molar-refractivity contribution in [1.29, 1.82) is 0 Å². The van der Waals surface area contributed by atoms with Crippen LogP contribution in [0.2, 0.25) is 10.0 Å². The number of nitrogens with one attached hydrogen (secondary N) is 1. The third-order valence-electron chi connectivity index (χ3n) is 2.08. The lowest BCUT2D eigenvalue weighted by Gasteiger charge is -2.10. The van der Waals surface area contributed by atoms with Crippen molar-refractivity contribution < 1.29 is 8.42 Å². The average Bonchev–Trinajstić information content (AvgIpc) is 2.24. The number of benzene rings is 1. The molecule has 0 amide bonds. The Hall–Kier alpha value is -0.000000000000000111. The molecule has 1 N–H and O–H groups in total. The fraction of sp³-hybridized carbons (Fsp3) is 0.400. The van der Waals surface area contributed by atoms with E-state index in [0.717, 1.165) is 0 Å². The van der Waals surface area contributed by atoms with Gasteiger partial charge in [-0.1, -0.05) is 30.1 Å². The molecule has 1 aromatic rings. The Balaban J connectivity index is 2.89. The van der Waals surface area contributed by atoms with Crippen LogP contribution >= 0.6 is 34.8 Å². The van der Waals surface area contributed by atoms with E-state index in [1.54, 1.807) is 0 Å². The molecule has 1 atom stereocenters. The maximum Gasteiger partial charge on any atom is 0.240 e. The number of rotatable bonds is 5. The quantitative estimate of drug-likeness (QED) is 0.847. The summed E-state index contributed by atoms with van der Waals surface area (Å²) in [6.07, 6.45) is 0.681. The van der Waals surface area contributed by atoms with Gasteiger partial charge in [0.15, 0.2) is 0 Å². The molecule has 0 saturated carbocycles. The maximum absolute atomic E-state index is 11.9. The van der Waals surface area contributed by atoms with Crippen molar-refractivity contribution in [1.82, 2.24) is 4.72 Å². The van der Waals surface area contributed by atoms with E-state index in [1.165, 1.54) is 18.2 Å². The minimum absolute atomic E-state index is 0.0370. The van der Waals surface area contributed by atoms with Crippen LogP contribution in [-0.4, -0.2) is 20.3 Å². The molecule has 0 aliphatic rings. The molecule has 3 nitrogen and oxygen atoms in total. The van der Waals surface area contributed by atoms with Gasteiger partial charge in [-0.3, -0.25) is 0 Å². The van der Waals surface area contributed by atoms with E-state index in [9.17, 15) is 8.42 Å². The molecule has 1 unspecified atom stereocenters. The first-order valence-electron chi connectivity index (χ1n) is 4.95. The molecule has 17 heavy (non-hydrogen) atoms. The minimum Gasteiger partial charge on any atom is -0.210 e. The Bertz CT molecular complexity index is 470. The zero-order valence-electron chi connectivity index (χ0n) is 9.08. The van der Waals surface area contributed by atoms with Crippen molar-refractivity contribution in [3.8, 4) is 0 Å². The zero-order valence-corrected chi connectivity index (χ0v) is 12.2. The Labute approximate surface area is 116 Å². The van der Waals surface area contributed by atoms with Gasteiger partial charge in [0, 0.05) is 22.0 Å². The number of halogens is 3. The largest absolute Gasteiger partial charge is 0.240 e. The van der Waals surface area contributed by atoms with Gasteiger partial charge in [0.1, 0.15) is 0 Å². The highest BCUT2D eigenvalue weighted by molar-refractivity contribution is 7.89. The summed E-state index contributed by atoms with van der Waals surface area (Å²) in [6, 6.07) is 4.15. The van der Waals surface area contributed by atoms with Gasteiger partial charge >= 0.3 is 0 Å². The van der Waals surface area contributed by atoms with Crippen LogP contribution in [0, 0.1) is 0 Å². The van der Waals surface area contributed by atoms with Crippen molar-refractivity contribution in [2.45, 2.75) is 23.6 Å². The zero-order chi connectivity index (χ0) is 13.1. The normalized spacial score (nSPS) is 13.6. The van der Waals surface area contributed by atoms with Gasteiger partial charge in [0.2, 0.25) is 10.0 Å². The molecule has 0 spiro atoms. The lowest BCUT2D eigenvalue weighted by Crippen LogP contribution is -2.29. The first-order valence-corrected chi connectivity index (χ1v) is 7.62. The molecule has 0 heterocycles. The molecular weight excluding hydrogens is 305 g/mol. The van der Waals surface area contributed by atoms with E-state index in [-0.39, 0.29) is 26.9 Å². The molecule has 0 aliphatic heterocycles. The molecule has 1 rings (SSSR count). The van der Waals surface area contributed by atoms with Crippen molar-refractivity contribution in [3.05, 3.63) is 28.2 Å². The van der Waals surface area contributed by atoms with Crippen LogP contribution in [0.1, 0.15) is 13.3 Å². The molecule has 0 aromatic heterocycles.